The number of aromatic nitrogens is 1. The highest BCUT2D eigenvalue weighted by atomic mass is 35.5. The minimum Gasteiger partial charge on any atom is -0.466 e. The predicted molar refractivity (Wildman–Crippen MR) is 92.3 cm³/mol. The molecule has 0 aliphatic rings. The number of benzene rings is 1. The highest BCUT2D eigenvalue weighted by Gasteiger charge is 2.63. The van der Waals surface area contributed by atoms with Gasteiger partial charge >= 0.3 is 17.8 Å². The molecule has 1 atom stereocenters. The number of aryl methyl sites for hydroxylation is 1. The molecule has 0 aliphatic heterocycles. The Labute approximate surface area is 157 Å². The number of carbonyl (C=O) groups is 2. The van der Waals surface area contributed by atoms with Gasteiger partial charge in [0.25, 0.3) is 5.91 Å². The van der Waals surface area contributed by atoms with Crippen molar-refractivity contribution in [3.8, 4) is 0 Å². The van der Waals surface area contributed by atoms with Gasteiger partial charge in [0.05, 0.1) is 17.7 Å². The molecule has 0 saturated carbocycles. The van der Waals surface area contributed by atoms with Crippen LogP contribution in [0, 0.1) is 6.92 Å². The molecule has 27 heavy (non-hydrogen) atoms. The van der Waals surface area contributed by atoms with Crippen molar-refractivity contribution in [2.75, 3.05) is 12.4 Å². The summed E-state index contributed by atoms with van der Waals surface area (Å²) in [6, 6.07) is 8.32. The summed E-state index contributed by atoms with van der Waals surface area (Å²) in [6.45, 7) is 1.63. The van der Waals surface area contributed by atoms with Crippen molar-refractivity contribution in [1.82, 2.24) is 10.3 Å². The van der Waals surface area contributed by atoms with Crippen LogP contribution in [0.15, 0.2) is 42.6 Å². The Balaban J connectivity index is 2.52. The van der Waals surface area contributed by atoms with Gasteiger partial charge in [-0.3, -0.25) is 4.79 Å². The van der Waals surface area contributed by atoms with Gasteiger partial charge < -0.3 is 15.4 Å². The first-order valence-corrected chi connectivity index (χ1v) is 7.91. The number of alkyl halides is 3. The monoisotopic (exact) mass is 401 g/mol. The van der Waals surface area contributed by atoms with Crippen molar-refractivity contribution in [3.63, 3.8) is 0 Å². The summed E-state index contributed by atoms with van der Waals surface area (Å²) in [7, 11) is 0.774. The number of esters is 1. The summed E-state index contributed by atoms with van der Waals surface area (Å²) < 4.78 is 46.1. The van der Waals surface area contributed by atoms with Crippen LogP contribution < -0.4 is 10.6 Å². The normalized spacial score (nSPS) is 13.4. The smallest absolute Gasteiger partial charge is 0.441 e. The van der Waals surface area contributed by atoms with E-state index in [9.17, 15) is 22.8 Å². The molecule has 0 saturated heterocycles. The summed E-state index contributed by atoms with van der Waals surface area (Å²) in [5.74, 6) is -3.26. The molecule has 10 heteroatoms. The number of ether oxygens (including phenoxy) is 1. The Hall–Kier alpha value is -2.81. The first-order chi connectivity index (χ1) is 12.6. The molecule has 2 aromatic rings. The Morgan fingerprint density at radius 1 is 1.19 bits per heavy atom. The molecule has 0 bridgehead atoms. The zero-order valence-corrected chi connectivity index (χ0v) is 15.0. The van der Waals surface area contributed by atoms with Crippen molar-refractivity contribution >= 4 is 29.3 Å². The van der Waals surface area contributed by atoms with Crippen LogP contribution in [0.1, 0.15) is 15.9 Å². The number of pyridine rings is 1. The maximum Gasteiger partial charge on any atom is 0.441 e. The average Bonchev–Trinajstić information content (AvgIpc) is 2.59. The quantitative estimate of drug-likeness (QED) is 0.593. The van der Waals surface area contributed by atoms with Crippen molar-refractivity contribution in [1.29, 1.82) is 0 Å². The number of carbonyl (C=O) groups excluding carboxylic acids is 2. The Bertz CT molecular complexity index is 861. The summed E-state index contributed by atoms with van der Waals surface area (Å²) in [5, 5.41) is 3.55. The van der Waals surface area contributed by atoms with E-state index in [4.69, 9.17) is 11.6 Å². The molecule has 6 nitrogen and oxygen atoms in total. The summed E-state index contributed by atoms with van der Waals surface area (Å²) in [4.78, 5) is 28.3. The van der Waals surface area contributed by atoms with E-state index >= 15 is 0 Å². The molecule has 1 heterocycles. The molecule has 2 N–H and O–H groups in total. The summed E-state index contributed by atoms with van der Waals surface area (Å²) >= 11 is 5.87. The maximum atomic E-state index is 13.9. The van der Waals surface area contributed by atoms with Crippen molar-refractivity contribution < 1.29 is 27.5 Å². The lowest BCUT2D eigenvalue weighted by Gasteiger charge is -2.34. The molecule has 1 amide bonds. The fourth-order valence-corrected chi connectivity index (χ4v) is 2.45. The third-order valence-electron chi connectivity index (χ3n) is 3.57. The Morgan fingerprint density at radius 2 is 1.85 bits per heavy atom. The Morgan fingerprint density at radius 3 is 2.41 bits per heavy atom. The standard InChI is InChI=1S/C17H15ClF3N3O3/c1-10-7-8-22-13(9-10)23-16(15(26)27-2,17(19,20)21)24-14(25)11-5-3-4-6-12(11)18/h3-9H,1-2H3,(H,22,23)(H,24,25). The molecule has 0 radical (unpaired) electrons. The van der Waals surface area contributed by atoms with Gasteiger partial charge in [-0.15, -0.1) is 0 Å². The number of amides is 1. The van der Waals surface area contributed by atoms with E-state index in [1.165, 1.54) is 36.5 Å². The second-order valence-corrected chi connectivity index (χ2v) is 5.92. The third-order valence-corrected chi connectivity index (χ3v) is 3.90. The predicted octanol–water partition coefficient (Wildman–Crippen LogP) is 3.32. The maximum absolute atomic E-state index is 13.9. The molecule has 0 spiro atoms. The van der Waals surface area contributed by atoms with Gasteiger partial charge in [-0.1, -0.05) is 23.7 Å². The number of rotatable bonds is 5. The second-order valence-electron chi connectivity index (χ2n) is 5.52. The molecule has 0 aliphatic carbocycles. The van der Waals surface area contributed by atoms with Gasteiger partial charge in [-0.25, -0.2) is 9.78 Å². The molecule has 1 aromatic heterocycles. The van der Waals surface area contributed by atoms with E-state index in [1.54, 1.807) is 18.3 Å². The first kappa shape index (κ1) is 20.5. The first-order valence-electron chi connectivity index (χ1n) is 7.54. The minimum absolute atomic E-state index is 0.0791. The van der Waals surface area contributed by atoms with Crippen LogP contribution in [-0.2, 0) is 9.53 Å². The van der Waals surface area contributed by atoms with Gasteiger partial charge in [0.1, 0.15) is 5.82 Å². The van der Waals surface area contributed by atoms with Crippen molar-refractivity contribution in [3.05, 3.63) is 58.7 Å². The molecule has 144 valence electrons. The van der Waals surface area contributed by atoms with Crippen LogP contribution in [0.5, 0.6) is 0 Å². The number of nitrogens with zero attached hydrogens (tertiary/aromatic N) is 1. The average molecular weight is 402 g/mol. The highest BCUT2D eigenvalue weighted by Crippen LogP contribution is 2.33. The number of hydrogen-bond acceptors (Lipinski definition) is 5. The lowest BCUT2D eigenvalue weighted by atomic mass is 10.1. The summed E-state index contributed by atoms with van der Waals surface area (Å²) in [5.41, 5.74) is -3.22. The van der Waals surface area contributed by atoms with E-state index < -0.39 is 23.7 Å². The topological polar surface area (TPSA) is 80.3 Å². The molecule has 2 rings (SSSR count). The molecular weight excluding hydrogens is 387 g/mol. The largest absolute Gasteiger partial charge is 0.466 e. The third kappa shape index (κ3) is 4.30. The fraction of sp³-hybridized carbons (Fsp3) is 0.235. The van der Waals surface area contributed by atoms with Gasteiger partial charge in [-0.05, 0) is 36.8 Å². The van der Waals surface area contributed by atoms with Crippen LogP contribution in [0.3, 0.4) is 0 Å². The van der Waals surface area contributed by atoms with E-state index in [2.05, 4.69) is 9.72 Å². The zero-order valence-electron chi connectivity index (χ0n) is 14.2. The number of halogens is 4. The van der Waals surface area contributed by atoms with E-state index in [-0.39, 0.29) is 16.4 Å². The number of hydrogen-bond donors (Lipinski definition) is 2. The van der Waals surface area contributed by atoms with Crippen LogP contribution in [0.25, 0.3) is 0 Å². The number of nitrogens with one attached hydrogen (secondary N) is 2. The molecule has 0 fully saturated rings. The molecule has 1 unspecified atom stereocenters. The zero-order chi connectivity index (χ0) is 20.2. The molecular formula is C17H15ClF3N3O3. The lowest BCUT2D eigenvalue weighted by molar-refractivity contribution is -0.203. The van der Waals surface area contributed by atoms with Crippen LogP contribution >= 0.6 is 11.6 Å². The van der Waals surface area contributed by atoms with Gasteiger partial charge in [0, 0.05) is 6.20 Å². The van der Waals surface area contributed by atoms with Gasteiger partial charge in [0.15, 0.2) is 0 Å². The van der Waals surface area contributed by atoms with Gasteiger partial charge in [-0.2, -0.15) is 13.2 Å². The van der Waals surface area contributed by atoms with E-state index in [0.717, 1.165) is 7.11 Å². The van der Waals surface area contributed by atoms with Crippen LogP contribution in [-0.4, -0.2) is 35.8 Å². The fourth-order valence-electron chi connectivity index (χ4n) is 2.22. The second kappa shape index (κ2) is 7.83. The van der Waals surface area contributed by atoms with Crippen molar-refractivity contribution in [2.24, 2.45) is 0 Å². The minimum atomic E-state index is -5.26. The number of methoxy groups -OCH3 is 1. The Kier molecular flexibility index (Phi) is 5.94. The van der Waals surface area contributed by atoms with E-state index in [1.807, 2.05) is 5.32 Å². The van der Waals surface area contributed by atoms with Crippen LogP contribution in [0.4, 0.5) is 19.0 Å². The number of anilines is 1. The SMILES string of the molecule is COC(=O)C(NC(=O)c1ccccc1Cl)(Nc1cc(C)ccn1)C(F)(F)F. The molecule has 1 aromatic carbocycles. The highest BCUT2D eigenvalue weighted by molar-refractivity contribution is 6.33. The van der Waals surface area contributed by atoms with Gasteiger partial charge in [0.2, 0.25) is 0 Å². The van der Waals surface area contributed by atoms with Crippen LogP contribution in [0.2, 0.25) is 5.02 Å². The van der Waals surface area contributed by atoms with E-state index in [0.29, 0.717) is 5.56 Å². The lowest BCUT2D eigenvalue weighted by Crippen LogP contribution is -2.69. The summed E-state index contributed by atoms with van der Waals surface area (Å²) in [6.07, 6.45) is -4.01. The van der Waals surface area contributed by atoms with Crippen molar-refractivity contribution in [2.45, 2.75) is 18.8 Å².